The maximum Gasteiger partial charge on any atom is 0.323 e. The molecule has 2 amide bonds. The molecule has 4 aromatic rings. The zero-order chi connectivity index (χ0) is 23.4. The van der Waals surface area contributed by atoms with Crippen LogP contribution < -0.4 is 10.6 Å². The molecule has 0 aliphatic heterocycles. The van der Waals surface area contributed by atoms with Gasteiger partial charge in [0.25, 0.3) is 0 Å². The van der Waals surface area contributed by atoms with Crippen LogP contribution in [0.25, 0.3) is 11.1 Å². The quantitative estimate of drug-likeness (QED) is 0.337. The average Bonchev–Trinajstić information content (AvgIpc) is 3.31. The molecular formula is C24H18F2N2O3S2. The van der Waals surface area contributed by atoms with Crippen LogP contribution in [-0.4, -0.2) is 14.4 Å². The fraction of sp³-hybridized carbons (Fsp3) is 0.0417. The number of hydrogen-bond acceptors (Lipinski definition) is 4. The van der Waals surface area contributed by atoms with E-state index in [0.717, 1.165) is 17.7 Å². The van der Waals surface area contributed by atoms with Crippen molar-refractivity contribution in [1.29, 1.82) is 0 Å². The van der Waals surface area contributed by atoms with Crippen LogP contribution in [0.15, 0.2) is 88.5 Å². The van der Waals surface area contributed by atoms with Gasteiger partial charge in [0.2, 0.25) is 0 Å². The molecule has 1 heterocycles. The van der Waals surface area contributed by atoms with Gasteiger partial charge in [-0.15, -0.1) is 0 Å². The summed E-state index contributed by atoms with van der Waals surface area (Å²) in [6.45, 7) is 0. The van der Waals surface area contributed by atoms with E-state index in [9.17, 15) is 22.0 Å². The molecule has 0 spiro atoms. The highest BCUT2D eigenvalue weighted by Gasteiger charge is 2.19. The van der Waals surface area contributed by atoms with Crippen LogP contribution in [0.1, 0.15) is 5.56 Å². The van der Waals surface area contributed by atoms with Crippen LogP contribution >= 0.6 is 11.3 Å². The van der Waals surface area contributed by atoms with Crippen molar-refractivity contribution >= 4 is 38.6 Å². The summed E-state index contributed by atoms with van der Waals surface area (Å²) in [5, 5.41) is 8.79. The van der Waals surface area contributed by atoms with Crippen molar-refractivity contribution in [2.45, 2.75) is 10.6 Å². The lowest BCUT2D eigenvalue weighted by molar-refractivity contribution is 0.262. The van der Waals surface area contributed by atoms with Crippen molar-refractivity contribution in [1.82, 2.24) is 0 Å². The second kappa shape index (κ2) is 9.51. The summed E-state index contributed by atoms with van der Waals surface area (Å²) in [5.74, 6) is -2.32. The number of halogens is 2. The van der Waals surface area contributed by atoms with E-state index < -0.39 is 27.5 Å². The molecule has 168 valence electrons. The second-order valence-corrected chi connectivity index (χ2v) is 9.94. The SMILES string of the molecule is O=C(Nc1ccc(F)c(F)c1)Nc1cc(S(=O)(=O)Cc2ccccc2)ccc1-c1ccsc1. The predicted octanol–water partition coefficient (Wildman–Crippen LogP) is 6.31. The Bertz CT molecular complexity index is 1390. The molecule has 2 N–H and O–H groups in total. The minimum absolute atomic E-state index is 0.0495. The van der Waals surface area contributed by atoms with Crippen LogP contribution in [0.3, 0.4) is 0 Å². The first kappa shape index (κ1) is 22.6. The molecular weight excluding hydrogens is 466 g/mol. The Labute approximate surface area is 193 Å². The zero-order valence-electron chi connectivity index (χ0n) is 17.1. The molecule has 0 saturated carbocycles. The van der Waals surface area contributed by atoms with E-state index in [4.69, 9.17) is 0 Å². The van der Waals surface area contributed by atoms with Gasteiger partial charge in [0, 0.05) is 17.3 Å². The van der Waals surface area contributed by atoms with E-state index in [1.54, 1.807) is 36.4 Å². The Hall–Kier alpha value is -3.56. The highest BCUT2D eigenvalue weighted by Crippen LogP contribution is 2.33. The van der Waals surface area contributed by atoms with Crippen LogP contribution in [0.5, 0.6) is 0 Å². The lowest BCUT2D eigenvalue weighted by Crippen LogP contribution is -2.20. The number of carbonyl (C=O) groups is 1. The number of sulfone groups is 1. The average molecular weight is 485 g/mol. The molecule has 0 fully saturated rings. The van der Waals surface area contributed by atoms with Crippen molar-refractivity contribution in [2.75, 3.05) is 10.6 Å². The fourth-order valence-electron chi connectivity index (χ4n) is 3.23. The maximum atomic E-state index is 13.5. The van der Waals surface area contributed by atoms with Gasteiger partial charge in [-0.05, 0) is 52.2 Å². The van der Waals surface area contributed by atoms with E-state index in [2.05, 4.69) is 10.6 Å². The third-order valence-electron chi connectivity index (χ3n) is 4.81. The molecule has 0 radical (unpaired) electrons. The fourth-order valence-corrected chi connectivity index (χ4v) is 5.25. The normalized spacial score (nSPS) is 11.2. The van der Waals surface area contributed by atoms with E-state index in [0.29, 0.717) is 11.1 Å². The molecule has 0 atom stereocenters. The summed E-state index contributed by atoms with van der Waals surface area (Å²) < 4.78 is 52.6. The maximum absolute atomic E-state index is 13.5. The van der Waals surface area contributed by atoms with E-state index in [1.807, 2.05) is 16.8 Å². The number of carbonyl (C=O) groups excluding carboxylic acids is 1. The lowest BCUT2D eigenvalue weighted by Gasteiger charge is -2.14. The van der Waals surface area contributed by atoms with Gasteiger partial charge in [0.15, 0.2) is 21.5 Å². The summed E-state index contributed by atoms with van der Waals surface area (Å²) in [6.07, 6.45) is 0. The molecule has 3 aromatic carbocycles. The van der Waals surface area contributed by atoms with Gasteiger partial charge in [-0.2, -0.15) is 11.3 Å². The number of hydrogen-bond donors (Lipinski definition) is 2. The first-order chi connectivity index (χ1) is 15.8. The summed E-state index contributed by atoms with van der Waals surface area (Å²) in [7, 11) is -3.69. The summed E-state index contributed by atoms with van der Waals surface area (Å²) in [4.78, 5) is 12.6. The molecule has 0 unspecified atom stereocenters. The van der Waals surface area contributed by atoms with Crippen LogP contribution in [0.2, 0.25) is 0 Å². The summed E-state index contributed by atoms with van der Waals surface area (Å²) >= 11 is 1.46. The van der Waals surface area contributed by atoms with Gasteiger partial charge in [-0.1, -0.05) is 36.4 Å². The second-order valence-electron chi connectivity index (χ2n) is 7.17. The summed E-state index contributed by atoms with van der Waals surface area (Å²) in [6, 6.07) is 17.4. The van der Waals surface area contributed by atoms with Crippen molar-refractivity contribution in [3.8, 4) is 11.1 Å². The van der Waals surface area contributed by atoms with Gasteiger partial charge < -0.3 is 10.6 Å². The molecule has 1 aromatic heterocycles. The smallest absolute Gasteiger partial charge is 0.308 e. The van der Waals surface area contributed by atoms with Crippen LogP contribution in [0, 0.1) is 11.6 Å². The number of anilines is 2. The highest BCUT2D eigenvalue weighted by atomic mass is 32.2. The topological polar surface area (TPSA) is 75.3 Å². The summed E-state index contributed by atoms with van der Waals surface area (Å²) in [5.41, 5.74) is 2.38. The lowest BCUT2D eigenvalue weighted by atomic mass is 10.1. The van der Waals surface area contributed by atoms with Crippen LogP contribution in [0.4, 0.5) is 25.0 Å². The van der Waals surface area contributed by atoms with Gasteiger partial charge in [-0.3, -0.25) is 0 Å². The molecule has 0 aliphatic rings. The van der Waals surface area contributed by atoms with Crippen molar-refractivity contribution < 1.29 is 22.0 Å². The molecule has 9 heteroatoms. The van der Waals surface area contributed by atoms with Crippen LogP contribution in [-0.2, 0) is 15.6 Å². The van der Waals surface area contributed by atoms with Crippen molar-refractivity contribution in [2.24, 2.45) is 0 Å². The van der Waals surface area contributed by atoms with Gasteiger partial charge in [-0.25, -0.2) is 22.0 Å². The number of thiophene rings is 1. The molecule has 5 nitrogen and oxygen atoms in total. The number of rotatable bonds is 6. The molecule has 4 rings (SSSR count). The van der Waals surface area contributed by atoms with E-state index in [1.165, 1.54) is 29.5 Å². The van der Waals surface area contributed by atoms with E-state index in [-0.39, 0.29) is 22.0 Å². The standard InChI is InChI=1S/C24H18F2N2O3S2/c25-21-9-6-18(12-22(21)26)27-24(29)28-23-13-19(7-8-20(23)17-10-11-32-14-17)33(30,31)15-16-4-2-1-3-5-16/h1-14H,15H2,(H2,27,28,29). The number of nitrogens with one attached hydrogen (secondary N) is 2. The van der Waals surface area contributed by atoms with Gasteiger partial charge in [0.05, 0.1) is 16.3 Å². The van der Waals surface area contributed by atoms with Crippen molar-refractivity contribution in [3.05, 3.63) is 101 Å². The Morgan fingerprint density at radius 3 is 2.36 bits per heavy atom. The minimum atomic E-state index is -3.69. The molecule has 0 saturated heterocycles. The number of urea groups is 1. The largest absolute Gasteiger partial charge is 0.323 e. The number of amides is 2. The minimum Gasteiger partial charge on any atom is -0.308 e. The highest BCUT2D eigenvalue weighted by molar-refractivity contribution is 7.90. The number of benzene rings is 3. The van der Waals surface area contributed by atoms with Crippen molar-refractivity contribution in [3.63, 3.8) is 0 Å². The van der Waals surface area contributed by atoms with Gasteiger partial charge in [0.1, 0.15) is 0 Å². The third kappa shape index (κ3) is 5.44. The first-order valence-corrected chi connectivity index (χ1v) is 12.4. The monoisotopic (exact) mass is 484 g/mol. The first-order valence-electron chi connectivity index (χ1n) is 9.78. The molecule has 33 heavy (non-hydrogen) atoms. The Morgan fingerprint density at radius 1 is 0.879 bits per heavy atom. The molecule has 0 bridgehead atoms. The Morgan fingerprint density at radius 2 is 1.67 bits per heavy atom. The molecule has 0 aliphatic carbocycles. The Balaban J connectivity index is 1.64. The van der Waals surface area contributed by atoms with E-state index >= 15 is 0 Å². The Kier molecular flexibility index (Phi) is 6.52. The van der Waals surface area contributed by atoms with Gasteiger partial charge >= 0.3 is 6.03 Å². The third-order valence-corrected chi connectivity index (χ3v) is 7.18. The predicted molar refractivity (Wildman–Crippen MR) is 126 cm³/mol. The zero-order valence-corrected chi connectivity index (χ0v) is 18.7.